The Morgan fingerprint density at radius 1 is 1.00 bits per heavy atom. The number of carbonyl (C=O) groups excluding carboxylic acids is 2. The summed E-state index contributed by atoms with van der Waals surface area (Å²) in [7, 11) is 0. The van der Waals surface area contributed by atoms with Gasteiger partial charge >= 0.3 is 5.97 Å². The summed E-state index contributed by atoms with van der Waals surface area (Å²) in [5.41, 5.74) is 1.36. The Kier molecular flexibility index (Phi) is 6.29. The molecule has 23 heavy (non-hydrogen) atoms. The molecule has 0 saturated heterocycles. The molecule has 0 aliphatic carbocycles. The summed E-state index contributed by atoms with van der Waals surface area (Å²) in [6.45, 7) is 0.172. The first-order valence-electron chi connectivity index (χ1n) is 6.98. The van der Waals surface area contributed by atoms with E-state index in [9.17, 15) is 14.0 Å². The van der Waals surface area contributed by atoms with Crippen LogP contribution >= 0.6 is 15.9 Å². The molecular weight excluding hydrogens is 365 g/mol. The zero-order chi connectivity index (χ0) is 16.7. The zero-order valence-electron chi connectivity index (χ0n) is 12.2. The van der Waals surface area contributed by atoms with Gasteiger partial charge in [-0.1, -0.05) is 28.1 Å². The molecule has 0 spiro atoms. The van der Waals surface area contributed by atoms with Crippen molar-refractivity contribution in [3.05, 3.63) is 64.4 Å². The van der Waals surface area contributed by atoms with Crippen LogP contribution in [-0.4, -0.2) is 11.9 Å². The molecule has 2 rings (SSSR count). The summed E-state index contributed by atoms with van der Waals surface area (Å²) in [6.07, 6.45) is 0.000103. The van der Waals surface area contributed by atoms with Gasteiger partial charge in [-0.2, -0.15) is 0 Å². The maximum atomic E-state index is 12.7. The molecule has 0 aromatic heterocycles. The highest BCUT2D eigenvalue weighted by Gasteiger charge is 2.09. The van der Waals surface area contributed by atoms with E-state index >= 15 is 0 Å². The van der Waals surface area contributed by atoms with Crippen molar-refractivity contribution in [1.82, 2.24) is 0 Å². The van der Waals surface area contributed by atoms with Crippen LogP contribution in [0.2, 0.25) is 0 Å². The van der Waals surface area contributed by atoms with Crippen LogP contribution in [0.5, 0.6) is 0 Å². The lowest BCUT2D eigenvalue weighted by atomic mass is 10.2. The number of anilines is 1. The number of esters is 1. The number of nitrogens with one attached hydrogen (secondary N) is 1. The lowest BCUT2D eigenvalue weighted by molar-refractivity contribution is -0.145. The summed E-state index contributed by atoms with van der Waals surface area (Å²) >= 11 is 3.32. The van der Waals surface area contributed by atoms with Crippen LogP contribution in [0.15, 0.2) is 53.0 Å². The van der Waals surface area contributed by atoms with Gasteiger partial charge in [-0.15, -0.1) is 0 Å². The Hall–Kier alpha value is -2.21. The van der Waals surface area contributed by atoms with E-state index in [4.69, 9.17) is 4.74 Å². The molecule has 0 fully saturated rings. The van der Waals surface area contributed by atoms with Crippen molar-refractivity contribution in [3.8, 4) is 0 Å². The van der Waals surface area contributed by atoms with Crippen LogP contribution < -0.4 is 5.32 Å². The summed E-state index contributed by atoms with van der Waals surface area (Å²) in [5.74, 6) is -1.14. The lowest BCUT2D eigenvalue weighted by Gasteiger charge is -2.06. The topological polar surface area (TPSA) is 55.4 Å². The molecule has 0 aliphatic heterocycles. The second kappa shape index (κ2) is 8.43. The minimum absolute atomic E-state index is 0.0104. The molecule has 0 heterocycles. The van der Waals surface area contributed by atoms with Crippen LogP contribution in [0.25, 0.3) is 0 Å². The van der Waals surface area contributed by atoms with Gasteiger partial charge < -0.3 is 10.1 Å². The first-order valence-corrected chi connectivity index (χ1v) is 7.78. The molecule has 120 valence electrons. The molecule has 2 aromatic rings. The van der Waals surface area contributed by atoms with Gasteiger partial charge in [-0.25, -0.2) is 4.39 Å². The summed E-state index contributed by atoms with van der Waals surface area (Å²) in [4.78, 5) is 23.3. The molecule has 0 radical (unpaired) electrons. The third-order valence-corrected chi connectivity index (χ3v) is 3.53. The van der Waals surface area contributed by atoms with Crippen LogP contribution in [0.1, 0.15) is 18.4 Å². The Morgan fingerprint density at radius 3 is 2.30 bits per heavy atom. The molecular formula is C17H15BrFNO3. The number of hydrogen-bond donors (Lipinski definition) is 1. The van der Waals surface area contributed by atoms with Crippen molar-refractivity contribution in [2.45, 2.75) is 19.4 Å². The van der Waals surface area contributed by atoms with E-state index in [1.165, 1.54) is 24.3 Å². The van der Waals surface area contributed by atoms with Gasteiger partial charge in [0.25, 0.3) is 0 Å². The predicted octanol–water partition coefficient (Wildman–Crippen LogP) is 4.05. The van der Waals surface area contributed by atoms with Crippen molar-refractivity contribution in [3.63, 3.8) is 0 Å². The summed E-state index contributed by atoms with van der Waals surface area (Å²) in [5, 5.41) is 2.59. The second-order valence-corrected chi connectivity index (χ2v) is 5.76. The zero-order valence-corrected chi connectivity index (χ0v) is 13.8. The summed E-state index contributed by atoms with van der Waals surface area (Å²) in [6, 6.07) is 12.8. The fourth-order valence-corrected chi connectivity index (χ4v) is 2.05. The average molecular weight is 380 g/mol. The van der Waals surface area contributed by atoms with E-state index in [0.29, 0.717) is 5.69 Å². The molecule has 0 bridgehead atoms. The number of hydrogen-bond acceptors (Lipinski definition) is 3. The van der Waals surface area contributed by atoms with E-state index in [1.807, 2.05) is 24.3 Å². The van der Waals surface area contributed by atoms with Gasteiger partial charge in [-0.05, 0) is 42.0 Å². The maximum Gasteiger partial charge on any atom is 0.306 e. The molecule has 6 heteroatoms. The number of rotatable bonds is 6. The van der Waals surface area contributed by atoms with E-state index < -0.39 is 5.97 Å². The SMILES string of the molecule is O=C(CCC(=O)OCc1ccc(Br)cc1)Nc1ccc(F)cc1. The molecule has 0 saturated carbocycles. The Balaban J connectivity index is 1.70. The van der Waals surface area contributed by atoms with Gasteiger partial charge in [-0.3, -0.25) is 9.59 Å². The monoisotopic (exact) mass is 379 g/mol. The van der Waals surface area contributed by atoms with E-state index in [2.05, 4.69) is 21.2 Å². The van der Waals surface area contributed by atoms with Crippen LogP contribution in [-0.2, 0) is 20.9 Å². The number of carbonyl (C=O) groups is 2. The highest BCUT2D eigenvalue weighted by atomic mass is 79.9. The molecule has 4 nitrogen and oxygen atoms in total. The van der Waals surface area contributed by atoms with Gasteiger partial charge in [0.2, 0.25) is 5.91 Å². The van der Waals surface area contributed by atoms with Crippen molar-refractivity contribution >= 4 is 33.5 Å². The van der Waals surface area contributed by atoms with Crippen molar-refractivity contribution in [2.75, 3.05) is 5.32 Å². The van der Waals surface area contributed by atoms with Crippen molar-refractivity contribution < 1.29 is 18.7 Å². The van der Waals surface area contributed by atoms with Gasteiger partial charge in [0.05, 0.1) is 6.42 Å². The first kappa shape index (κ1) is 17.1. The standard InChI is InChI=1S/C17H15BrFNO3/c18-13-3-1-12(2-4-13)11-23-17(22)10-9-16(21)20-15-7-5-14(19)6-8-15/h1-8H,9-11H2,(H,20,21). The molecule has 0 atom stereocenters. The minimum Gasteiger partial charge on any atom is -0.461 e. The quantitative estimate of drug-likeness (QED) is 0.770. The third-order valence-electron chi connectivity index (χ3n) is 3.00. The molecule has 0 unspecified atom stereocenters. The van der Waals surface area contributed by atoms with Gasteiger partial charge in [0.1, 0.15) is 12.4 Å². The Bertz CT molecular complexity index is 671. The number of amides is 1. The molecule has 2 aromatic carbocycles. The van der Waals surface area contributed by atoms with Crippen LogP contribution in [0, 0.1) is 5.82 Å². The van der Waals surface area contributed by atoms with Gasteiger partial charge in [0.15, 0.2) is 0 Å². The number of benzene rings is 2. The highest BCUT2D eigenvalue weighted by Crippen LogP contribution is 2.12. The Labute approximate surface area is 141 Å². The van der Waals surface area contributed by atoms with Gasteiger partial charge in [0, 0.05) is 16.6 Å². The van der Waals surface area contributed by atoms with E-state index in [0.717, 1.165) is 10.0 Å². The Morgan fingerprint density at radius 2 is 1.65 bits per heavy atom. The van der Waals surface area contributed by atoms with Crippen molar-refractivity contribution in [2.24, 2.45) is 0 Å². The highest BCUT2D eigenvalue weighted by molar-refractivity contribution is 9.10. The third kappa shape index (κ3) is 6.20. The smallest absolute Gasteiger partial charge is 0.306 e. The molecule has 1 amide bonds. The minimum atomic E-state index is -0.442. The largest absolute Gasteiger partial charge is 0.461 e. The normalized spacial score (nSPS) is 10.2. The second-order valence-electron chi connectivity index (χ2n) is 4.84. The van der Waals surface area contributed by atoms with E-state index in [-0.39, 0.29) is 31.2 Å². The average Bonchev–Trinajstić information content (AvgIpc) is 2.54. The predicted molar refractivity (Wildman–Crippen MR) is 88.2 cm³/mol. The number of ether oxygens (including phenoxy) is 1. The fraction of sp³-hybridized carbons (Fsp3) is 0.176. The lowest BCUT2D eigenvalue weighted by Crippen LogP contribution is -2.14. The maximum absolute atomic E-state index is 12.7. The van der Waals surface area contributed by atoms with Crippen molar-refractivity contribution in [1.29, 1.82) is 0 Å². The number of halogens is 2. The van der Waals surface area contributed by atoms with Crippen LogP contribution in [0.4, 0.5) is 10.1 Å². The van der Waals surface area contributed by atoms with E-state index in [1.54, 1.807) is 0 Å². The molecule has 1 N–H and O–H groups in total. The first-order chi connectivity index (χ1) is 11.0. The summed E-state index contributed by atoms with van der Waals surface area (Å²) < 4.78 is 18.8. The molecule has 0 aliphatic rings. The fourth-order valence-electron chi connectivity index (χ4n) is 1.79. The van der Waals surface area contributed by atoms with Crippen LogP contribution in [0.3, 0.4) is 0 Å².